The van der Waals surface area contributed by atoms with Crippen molar-refractivity contribution in [1.29, 1.82) is 0 Å². The van der Waals surface area contributed by atoms with E-state index in [2.05, 4.69) is 31.0 Å². The first-order valence-electron chi connectivity index (χ1n) is 7.80. The maximum absolute atomic E-state index is 5.62. The first-order chi connectivity index (χ1) is 11.3. The summed E-state index contributed by atoms with van der Waals surface area (Å²) >= 11 is 5.05. The monoisotopic (exact) mass is 399 g/mol. The van der Waals surface area contributed by atoms with Crippen molar-refractivity contribution >= 4 is 27.3 Å². The average molecular weight is 400 g/mol. The van der Waals surface area contributed by atoms with Gasteiger partial charge in [-0.2, -0.15) is 4.98 Å². The predicted octanol–water partition coefficient (Wildman–Crippen LogP) is 3.15. The minimum Gasteiger partial charge on any atom is -0.350 e. The van der Waals surface area contributed by atoms with Gasteiger partial charge in [0.15, 0.2) is 6.29 Å². The standard InChI is InChI=1S/C15H18BrN3O3S/c16-11-7-12(23-9-11)14-17-13(22-18-14)8-19-3-1-10(2-4-19)15-20-5-6-21-15/h7,9-10,15H,1-6,8H2. The molecule has 0 radical (unpaired) electrons. The van der Waals surface area contributed by atoms with Crippen molar-refractivity contribution in [3.05, 3.63) is 21.8 Å². The zero-order valence-corrected chi connectivity index (χ0v) is 15.0. The van der Waals surface area contributed by atoms with Crippen molar-refractivity contribution in [2.45, 2.75) is 25.7 Å². The number of piperidine rings is 1. The van der Waals surface area contributed by atoms with Crippen molar-refractivity contribution in [1.82, 2.24) is 15.0 Å². The highest BCUT2D eigenvalue weighted by Crippen LogP contribution is 2.29. The van der Waals surface area contributed by atoms with Crippen molar-refractivity contribution in [2.75, 3.05) is 26.3 Å². The third-order valence-electron chi connectivity index (χ3n) is 4.28. The van der Waals surface area contributed by atoms with Crippen LogP contribution in [0.15, 0.2) is 20.4 Å². The van der Waals surface area contributed by atoms with Crippen LogP contribution in [0.2, 0.25) is 0 Å². The zero-order chi connectivity index (χ0) is 15.6. The van der Waals surface area contributed by atoms with E-state index in [0.717, 1.165) is 48.5 Å². The smallest absolute Gasteiger partial charge is 0.241 e. The zero-order valence-electron chi connectivity index (χ0n) is 12.6. The summed E-state index contributed by atoms with van der Waals surface area (Å²) in [6, 6.07) is 2.01. The Hall–Kier alpha value is -0.800. The lowest BCUT2D eigenvalue weighted by atomic mass is 9.96. The Balaban J connectivity index is 1.32. The van der Waals surface area contributed by atoms with Crippen molar-refractivity contribution in [3.8, 4) is 10.7 Å². The molecule has 8 heteroatoms. The molecular weight excluding hydrogens is 382 g/mol. The number of hydrogen-bond donors (Lipinski definition) is 0. The second kappa shape index (κ2) is 6.98. The Kier molecular flexibility index (Phi) is 4.77. The van der Waals surface area contributed by atoms with Gasteiger partial charge in [-0.3, -0.25) is 4.90 Å². The van der Waals surface area contributed by atoms with E-state index in [9.17, 15) is 0 Å². The first-order valence-corrected chi connectivity index (χ1v) is 9.48. The number of thiophene rings is 1. The maximum atomic E-state index is 5.62. The Labute approximate surface area is 146 Å². The summed E-state index contributed by atoms with van der Waals surface area (Å²) in [5.74, 6) is 1.85. The highest BCUT2D eigenvalue weighted by Gasteiger charge is 2.30. The van der Waals surface area contributed by atoms with Crippen molar-refractivity contribution in [2.24, 2.45) is 5.92 Å². The second-order valence-corrected chi connectivity index (χ2v) is 7.69. The molecule has 0 N–H and O–H groups in total. The molecule has 4 rings (SSSR count). The van der Waals surface area contributed by atoms with Gasteiger partial charge < -0.3 is 14.0 Å². The molecule has 2 aliphatic heterocycles. The lowest BCUT2D eigenvalue weighted by Gasteiger charge is -2.32. The number of hydrogen-bond acceptors (Lipinski definition) is 7. The van der Waals surface area contributed by atoms with Gasteiger partial charge >= 0.3 is 0 Å². The van der Waals surface area contributed by atoms with Gasteiger partial charge in [-0.05, 0) is 47.9 Å². The molecule has 124 valence electrons. The van der Waals surface area contributed by atoms with E-state index in [0.29, 0.717) is 24.2 Å². The van der Waals surface area contributed by atoms with Crippen LogP contribution in [0, 0.1) is 5.92 Å². The molecule has 23 heavy (non-hydrogen) atoms. The fourth-order valence-electron chi connectivity index (χ4n) is 3.07. The molecule has 0 aliphatic carbocycles. The third-order valence-corrected chi connectivity index (χ3v) is 5.97. The van der Waals surface area contributed by atoms with Crippen LogP contribution in [0.25, 0.3) is 10.7 Å². The summed E-state index contributed by atoms with van der Waals surface area (Å²) in [6.45, 7) is 4.19. The van der Waals surface area contributed by atoms with Crippen LogP contribution >= 0.6 is 27.3 Å². The molecule has 0 amide bonds. The SMILES string of the molecule is Brc1csc(-c2noc(CN3CCC(C4OCCO4)CC3)n2)c1. The highest BCUT2D eigenvalue weighted by atomic mass is 79.9. The summed E-state index contributed by atoms with van der Waals surface area (Å²) in [4.78, 5) is 7.87. The van der Waals surface area contributed by atoms with Gasteiger partial charge in [0.25, 0.3) is 0 Å². The number of aromatic nitrogens is 2. The minimum atomic E-state index is 0.00410. The van der Waals surface area contributed by atoms with Crippen LogP contribution < -0.4 is 0 Å². The third kappa shape index (κ3) is 3.66. The number of nitrogens with zero attached hydrogens (tertiary/aromatic N) is 3. The van der Waals surface area contributed by atoms with Crippen LogP contribution in [0.1, 0.15) is 18.7 Å². The van der Waals surface area contributed by atoms with E-state index in [4.69, 9.17) is 14.0 Å². The fraction of sp³-hybridized carbons (Fsp3) is 0.600. The molecule has 0 unspecified atom stereocenters. The summed E-state index contributed by atoms with van der Waals surface area (Å²) < 4.78 is 17.7. The van der Waals surface area contributed by atoms with E-state index in [1.807, 2.05) is 11.4 Å². The number of rotatable bonds is 4. The molecule has 2 aromatic heterocycles. The Morgan fingerprint density at radius 2 is 2.04 bits per heavy atom. The van der Waals surface area contributed by atoms with Crippen LogP contribution in [-0.2, 0) is 16.0 Å². The Bertz CT molecular complexity index is 648. The van der Waals surface area contributed by atoms with Gasteiger partial charge in [0, 0.05) is 15.8 Å². The minimum absolute atomic E-state index is 0.00410. The normalized spacial score (nSPS) is 21.3. The van der Waals surface area contributed by atoms with Gasteiger partial charge in [-0.1, -0.05) is 5.16 Å². The molecule has 0 aromatic carbocycles. The average Bonchev–Trinajstić information content (AvgIpc) is 3.29. The highest BCUT2D eigenvalue weighted by molar-refractivity contribution is 9.10. The van der Waals surface area contributed by atoms with E-state index in [1.54, 1.807) is 11.3 Å². The Morgan fingerprint density at radius 3 is 2.74 bits per heavy atom. The molecule has 2 saturated heterocycles. The van der Waals surface area contributed by atoms with Crippen LogP contribution in [-0.4, -0.2) is 47.6 Å². The van der Waals surface area contributed by atoms with Gasteiger partial charge in [0.2, 0.25) is 11.7 Å². The lowest BCUT2D eigenvalue weighted by molar-refractivity contribution is -0.0981. The quantitative estimate of drug-likeness (QED) is 0.786. The predicted molar refractivity (Wildman–Crippen MR) is 89.0 cm³/mol. The topological polar surface area (TPSA) is 60.6 Å². The molecule has 2 fully saturated rings. The molecule has 2 aliphatic rings. The lowest BCUT2D eigenvalue weighted by Crippen LogP contribution is -2.37. The summed E-state index contributed by atoms with van der Waals surface area (Å²) in [5.41, 5.74) is 0. The largest absolute Gasteiger partial charge is 0.350 e. The van der Waals surface area contributed by atoms with Crippen LogP contribution in [0.5, 0.6) is 0 Å². The molecule has 0 spiro atoms. The number of ether oxygens (including phenoxy) is 2. The maximum Gasteiger partial charge on any atom is 0.241 e. The molecule has 0 bridgehead atoms. The summed E-state index contributed by atoms with van der Waals surface area (Å²) in [6.07, 6.45) is 2.18. The van der Waals surface area contributed by atoms with Crippen LogP contribution in [0.4, 0.5) is 0 Å². The molecule has 6 nitrogen and oxygen atoms in total. The molecule has 0 saturated carbocycles. The first kappa shape index (κ1) is 15.7. The van der Waals surface area contributed by atoms with E-state index < -0.39 is 0 Å². The molecule has 4 heterocycles. The summed E-state index contributed by atoms with van der Waals surface area (Å²) in [5, 5.41) is 6.10. The van der Waals surface area contributed by atoms with Crippen molar-refractivity contribution < 1.29 is 14.0 Å². The molecule has 2 aromatic rings. The number of halogens is 1. The van der Waals surface area contributed by atoms with Gasteiger partial charge in [-0.15, -0.1) is 11.3 Å². The Morgan fingerprint density at radius 1 is 1.26 bits per heavy atom. The molecular formula is C15H18BrN3O3S. The fourth-order valence-corrected chi connectivity index (χ4v) is 4.42. The second-order valence-electron chi connectivity index (χ2n) is 5.86. The van der Waals surface area contributed by atoms with Crippen LogP contribution in [0.3, 0.4) is 0 Å². The van der Waals surface area contributed by atoms with Gasteiger partial charge in [-0.25, -0.2) is 0 Å². The van der Waals surface area contributed by atoms with Gasteiger partial charge in [0.1, 0.15) is 0 Å². The van der Waals surface area contributed by atoms with E-state index in [-0.39, 0.29) is 6.29 Å². The van der Waals surface area contributed by atoms with E-state index >= 15 is 0 Å². The van der Waals surface area contributed by atoms with Gasteiger partial charge in [0.05, 0.1) is 24.6 Å². The summed E-state index contributed by atoms with van der Waals surface area (Å²) in [7, 11) is 0. The van der Waals surface area contributed by atoms with Crippen molar-refractivity contribution in [3.63, 3.8) is 0 Å². The van der Waals surface area contributed by atoms with E-state index in [1.165, 1.54) is 0 Å². The molecule has 0 atom stereocenters. The number of likely N-dealkylation sites (tertiary alicyclic amines) is 1.